The molecule has 1 N–H and O–H groups in total. The van der Waals surface area contributed by atoms with E-state index in [4.69, 9.17) is 4.74 Å². The van der Waals surface area contributed by atoms with Crippen LogP contribution in [-0.4, -0.2) is 83.3 Å². The summed E-state index contributed by atoms with van der Waals surface area (Å²) >= 11 is 0. The highest BCUT2D eigenvalue weighted by molar-refractivity contribution is 5.87. The molecule has 0 bridgehead atoms. The average molecular weight is 593 g/mol. The summed E-state index contributed by atoms with van der Waals surface area (Å²) in [7, 11) is 0. The lowest BCUT2D eigenvalue weighted by Gasteiger charge is -2.42. The van der Waals surface area contributed by atoms with Crippen LogP contribution in [0.15, 0.2) is 25.0 Å². The van der Waals surface area contributed by atoms with Crippen LogP contribution in [-0.2, 0) is 23.9 Å². The zero-order valence-electron chi connectivity index (χ0n) is 22.6. The van der Waals surface area contributed by atoms with E-state index < -0.39 is 35.5 Å². The summed E-state index contributed by atoms with van der Waals surface area (Å²) in [4.78, 5) is 30.0. The predicted molar refractivity (Wildman–Crippen MR) is 141 cm³/mol. The zero-order chi connectivity index (χ0) is 30.0. The van der Waals surface area contributed by atoms with Gasteiger partial charge in [-0.15, -0.1) is 0 Å². The lowest BCUT2D eigenvalue weighted by molar-refractivity contribution is -0.139. The predicted octanol–water partition coefficient (Wildman–Crippen LogP) is 2.79. The van der Waals surface area contributed by atoms with Crippen LogP contribution in [0.4, 0.5) is 33.5 Å². The Hall–Kier alpha value is -4.06. The number of piperazine rings is 1. The Balaban J connectivity index is 1.48. The highest BCUT2D eigenvalue weighted by Crippen LogP contribution is 2.40. The van der Waals surface area contributed by atoms with Crippen LogP contribution in [0.5, 0.6) is 6.01 Å². The van der Waals surface area contributed by atoms with Crippen molar-refractivity contribution in [3.63, 3.8) is 0 Å². The monoisotopic (exact) mass is 592 g/mol. The number of amides is 1. The van der Waals surface area contributed by atoms with Crippen molar-refractivity contribution in [1.29, 1.82) is 5.26 Å². The Morgan fingerprint density at radius 1 is 1.24 bits per heavy atom. The van der Waals surface area contributed by atoms with Gasteiger partial charge in [0.1, 0.15) is 24.2 Å². The third kappa shape index (κ3) is 6.08. The fourth-order valence-electron chi connectivity index (χ4n) is 5.67. The topological polar surface area (TPSA) is 111 Å². The molecule has 1 amide bonds. The van der Waals surface area contributed by atoms with Crippen molar-refractivity contribution in [2.75, 3.05) is 49.1 Å². The molecule has 3 atom stereocenters. The van der Waals surface area contributed by atoms with Gasteiger partial charge in [0.2, 0.25) is 5.91 Å². The largest absolute Gasteiger partial charge is 0.462 e. The van der Waals surface area contributed by atoms with Crippen molar-refractivity contribution in [2.24, 2.45) is 0 Å². The van der Waals surface area contributed by atoms with Crippen molar-refractivity contribution in [3.8, 4) is 12.1 Å². The minimum Gasteiger partial charge on any atom is -0.462 e. The number of nitrogens with one attached hydrogen (secondary N) is 1. The molecular formula is C27H29F5N8O2. The van der Waals surface area contributed by atoms with Crippen LogP contribution in [0.3, 0.4) is 0 Å². The molecule has 5 heterocycles. The number of aromatic nitrogens is 3. The first-order chi connectivity index (χ1) is 20.1. The molecular weight excluding hydrogens is 563 g/mol. The SMILES string of the molecule is C=CC(=O)N1CCN(c2nc(OC[C@@H]3C[C@@H](F)CN3)nc3c2CCN(c2cncc(F)c2C(F)(F)F)C3)CC1CC#N. The quantitative estimate of drug-likeness (QED) is 0.383. The number of carbonyl (C=O) groups is 1. The number of hydrogen-bond acceptors (Lipinski definition) is 9. The molecule has 2 aromatic rings. The molecule has 0 saturated carbocycles. The van der Waals surface area contributed by atoms with Crippen LogP contribution < -0.4 is 19.9 Å². The number of nitrogens with zero attached hydrogens (tertiary/aromatic N) is 7. The first-order valence-electron chi connectivity index (χ1n) is 13.5. The summed E-state index contributed by atoms with van der Waals surface area (Å²) in [5.41, 5.74) is -0.728. The Bertz CT molecular complexity index is 1380. The summed E-state index contributed by atoms with van der Waals surface area (Å²) in [6, 6.07) is 1.36. The molecule has 3 aliphatic rings. The van der Waals surface area contributed by atoms with Crippen molar-refractivity contribution in [3.05, 3.63) is 47.7 Å². The molecule has 10 nitrogen and oxygen atoms in total. The van der Waals surface area contributed by atoms with Crippen molar-refractivity contribution in [1.82, 2.24) is 25.2 Å². The van der Waals surface area contributed by atoms with Crippen LogP contribution in [0.2, 0.25) is 0 Å². The first kappa shape index (κ1) is 29.4. The zero-order valence-corrected chi connectivity index (χ0v) is 22.6. The number of carbonyl (C=O) groups excluding carboxylic acids is 1. The lowest BCUT2D eigenvalue weighted by Crippen LogP contribution is -2.55. The Morgan fingerprint density at radius 2 is 2.05 bits per heavy atom. The van der Waals surface area contributed by atoms with Crippen molar-refractivity contribution < 1.29 is 31.5 Å². The van der Waals surface area contributed by atoms with E-state index in [-0.39, 0.29) is 70.0 Å². The fraction of sp³-hybridized carbons (Fsp3) is 0.519. The van der Waals surface area contributed by atoms with Gasteiger partial charge in [0.05, 0.1) is 48.9 Å². The molecule has 2 fully saturated rings. The summed E-state index contributed by atoms with van der Waals surface area (Å²) in [5.74, 6) is -1.28. The van der Waals surface area contributed by atoms with Gasteiger partial charge in [-0.05, 0) is 18.9 Å². The molecule has 3 aliphatic heterocycles. The molecule has 42 heavy (non-hydrogen) atoms. The van der Waals surface area contributed by atoms with Crippen LogP contribution in [0, 0.1) is 17.1 Å². The molecule has 2 aromatic heterocycles. The lowest BCUT2D eigenvalue weighted by atomic mass is 10.0. The number of fused-ring (bicyclic) bond motifs is 1. The second-order valence-corrected chi connectivity index (χ2v) is 10.4. The number of alkyl halides is 4. The molecule has 1 unspecified atom stereocenters. The summed E-state index contributed by atoms with van der Waals surface area (Å²) in [5, 5.41) is 12.4. The van der Waals surface area contributed by atoms with E-state index in [1.54, 1.807) is 4.90 Å². The van der Waals surface area contributed by atoms with E-state index in [0.29, 0.717) is 36.4 Å². The molecule has 0 spiro atoms. The van der Waals surface area contributed by atoms with Gasteiger partial charge in [-0.3, -0.25) is 9.78 Å². The van der Waals surface area contributed by atoms with Gasteiger partial charge in [-0.25, -0.2) is 8.78 Å². The first-order valence-corrected chi connectivity index (χ1v) is 13.5. The van der Waals surface area contributed by atoms with Crippen molar-refractivity contribution in [2.45, 2.75) is 50.2 Å². The van der Waals surface area contributed by atoms with E-state index in [2.05, 4.69) is 32.9 Å². The average Bonchev–Trinajstić information content (AvgIpc) is 3.39. The molecule has 224 valence electrons. The number of anilines is 2. The minimum absolute atomic E-state index is 0.0375. The minimum atomic E-state index is -4.94. The molecule has 0 aromatic carbocycles. The maximum absolute atomic E-state index is 14.3. The standard InChI is InChI=1S/C27H29F5N8O2/c1-2-23(41)40-8-7-39(13-18(40)3-5-33)25-19-4-6-38(22-12-34-11-20(29)24(22)27(30,31)32)14-21(19)36-26(37-25)42-15-17-9-16(28)10-35-17/h2,11-12,16-18,35H,1,3-4,6-10,13-15H2/t16-,17+,18?/m1/s1. The number of ether oxygens (including phenoxy) is 1. The number of hydrogen-bond donors (Lipinski definition) is 1. The van der Waals surface area contributed by atoms with Gasteiger partial charge < -0.3 is 24.8 Å². The van der Waals surface area contributed by atoms with E-state index in [9.17, 15) is 32.0 Å². The van der Waals surface area contributed by atoms with Gasteiger partial charge in [-0.1, -0.05) is 6.58 Å². The van der Waals surface area contributed by atoms with E-state index in [1.165, 1.54) is 11.0 Å². The second kappa shape index (κ2) is 12.0. The van der Waals surface area contributed by atoms with E-state index in [1.807, 2.05) is 4.90 Å². The Labute approximate surface area is 238 Å². The second-order valence-electron chi connectivity index (χ2n) is 10.4. The van der Waals surface area contributed by atoms with Gasteiger partial charge in [0, 0.05) is 44.3 Å². The Morgan fingerprint density at radius 3 is 2.74 bits per heavy atom. The van der Waals surface area contributed by atoms with Crippen molar-refractivity contribution >= 4 is 17.4 Å². The summed E-state index contributed by atoms with van der Waals surface area (Å²) in [6.07, 6.45) is -2.65. The van der Waals surface area contributed by atoms with E-state index >= 15 is 0 Å². The highest BCUT2D eigenvalue weighted by Gasteiger charge is 2.40. The summed E-state index contributed by atoms with van der Waals surface area (Å²) in [6.45, 7) is 4.77. The number of nitriles is 1. The maximum atomic E-state index is 14.3. The molecule has 15 heteroatoms. The van der Waals surface area contributed by atoms with Crippen LogP contribution >= 0.6 is 0 Å². The number of halogens is 5. The highest BCUT2D eigenvalue weighted by atomic mass is 19.4. The molecule has 2 saturated heterocycles. The molecule has 5 rings (SSSR count). The van der Waals surface area contributed by atoms with Crippen LogP contribution in [0.1, 0.15) is 29.7 Å². The third-order valence-electron chi connectivity index (χ3n) is 7.68. The fourth-order valence-corrected chi connectivity index (χ4v) is 5.67. The number of pyridine rings is 1. The molecule has 0 radical (unpaired) electrons. The van der Waals surface area contributed by atoms with Gasteiger partial charge in [0.25, 0.3) is 0 Å². The number of rotatable bonds is 7. The smallest absolute Gasteiger partial charge is 0.421 e. The van der Waals surface area contributed by atoms with Gasteiger partial charge in [-0.2, -0.15) is 28.4 Å². The molecule has 0 aliphatic carbocycles. The third-order valence-corrected chi connectivity index (χ3v) is 7.68. The van der Waals surface area contributed by atoms with Crippen LogP contribution in [0.25, 0.3) is 0 Å². The summed E-state index contributed by atoms with van der Waals surface area (Å²) < 4.78 is 75.2. The Kier molecular flexibility index (Phi) is 8.44. The van der Waals surface area contributed by atoms with E-state index in [0.717, 1.165) is 6.20 Å². The maximum Gasteiger partial charge on any atom is 0.421 e. The normalized spacial score (nSPS) is 22.5. The van der Waals surface area contributed by atoms with Gasteiger partial charge >= 0.3 is 12.2 Å². The van der Waals surface area contributed by atoms with Gasteiger partial charge in [0.15, 0.2) is 5.82 Å².